The average Bonchev–Trinajstić information content (AvgIpc) is 2.32. The lowest BCUT2D eigenvalue weighted by atomic mass is 9.92. The Hall–Kier alpha value is -1.30. The van der Waals surface area contributed by atoms with Gasteiger partial charge in [-0.15, -0.1) is 12.4 Å². The van der Waals surface area contributed by atoms with Gasteiger partial charge in [-0.05, 0) is 32.0 Å². The number of carbonyl (C=O) groups is 2. The van der Waals surface area contributed by atoms with Gasteiger partial charge in [0.1, 0.15) is 0 Å². The largest absolute Gasteiger partial charge is 0.329 e. The van der Waals surface area contributed by atoms with Crippen molar-refractivity contribution in [2.24, 2.45) is 11.1 Å². The van der Waals surface area contributed by atoms with Gasteiger partial charge in [0.15, 0.2) is 0 Å². The molecule has 0 fully saturated rings. The highest BCUT2D eigenvalue weighted by molar-refractivity contribution is 6.34. The molecule has 0 aliphatic rings. The first kappa shape index (κ1) is 18.7. The van der Waals surface area contributed by atoms with Crippen LogP contribution in [0.15, 0.2) is 18.2 Å². The molecule has 1 aromatic carbocycles. The van der Waals surface area contributed by atoms with Crippen LogP contribution in [0.5, 0.6) is 0 Å². The van der Waals surface area contributed by atoms with Crippen molar-refractivity contribution in [3.05, 3.63) is 23.2 Å². The van der Waals surface area contributed by atoms with Crippen LogP contribution < -0.4 is 16.4 Å². The molecule has 7 heteroatoms. The molecule has 1 rings (SSSR count). The molecule has 0 aliphatic heterocycles. The van der Waals surface area contributed by atoms with Crippen LogP contribution in [0.3, 0.4) is 0 Å². The van der Waals surface area contributed by atoms with Crippen LogP contribution in [-0.4, -0.2) is 18.4 Å². The molecule has 0 spiro atoms. The molecule has 0 saturated carbocycles. The summed E-state index contributed by atoms with van der Waals surface area (Å²) < 4.78 is 0. The minimum atomic E-state index is -0.650. The molecule has 0 radical (unpaired) electrons. The van der Waals surface area contributed by atoms with E-state index in [1.54, 1.807) is 32.0 Å². The van der Waals surface area contributed by atoms with E-state index in [4.69, 9.17) is 17.3 Å². The van der Waals surface area contributed by atoms with Crippen LogP contribution in [0.2, 0.25) is 5.02 Å². The lowest BCUT2D eigenvalue weighted by Gasteiger charge is -2.21. The van der Waals surface area contributed by atoms with Gasteiger partial charge in [0.2, 0.25) is 11.8 Å². The number of amides is 2. The van der Waals surface area contributed by atoms with Gasteiger partial charge in [0.25, 0.3) is 0 Å². The van der Waals surface area contributed by atoms with Crippen molar-refractivity contribution in [1.82, 2.24) is 0 Å². The molecule has 1 aromatic rings. The predicted octanol–water partition coefficient (Wildman–Crippen LogP) is 2.64. The second-order valence-corrected chi connectivity index (χ2v) is 5.33. The predicted molar refractivity (Wildman–Crippen MR) is 84.5 cm³/mol. The number of hydrogen-bond donors (Lipinski definition) is 3. The first-order chi connectivity index (χ1) is 8.76. The monoisotopic (exact) mass is 319 g/mol. The fraction of sp³-hybridized carbons (Fsp3) is 0.385. The molecule has 0 atom stereocenters. The Labute approximate surface area is 129 Å². The van der Waals surface area contributed by atoms with E-state index in [2.05, 4.69) is 10.6 Å². The summed E-state index contributed by atoms with van der Waals surface area (Å²) in [4.78, 5) is 22.9. The van der Waals surface area contributed by atoms with E-state index in [0.29, 0.717) is 16.4 Å². The lowest BCUT2D eigenvalue weighted by Crippen LogP contribution is -2.37. The van der Waals surface area contributed by atoms with E-state index < -0.39 is 5.41 Å². The molecule has 0 unspecified atom stereocenters. The number of carbonyl (C=O) groups excluding carboxylic acids is 2. The zero-order valence-electron chi connectivity index (χ0n) is 11.6. The first-order valence-electron chi connectivity index (χ1n) is 5.85. The summed E-state index contributed by atoms with van der Waals surface area (Å²) in [7, 11) is 0. The Morgan fingerprint density at radius 3 is 2.35 bits per heavy atom. The topological polar surface area (TPSA) is 84.2 Å². The third-order valence-corrected chi connectivity index (χ3v) is 2.98. The summed E-state index contributed by atoms with van der Waals surface area (Å²) in [5.41, 5.74) is 5.95. The zero-order valence-corrected chi connectivity index (χ0v) is 13.2. The SMILES string of the molecule is CC(=O)Nc1ccc(NC(=O)C(C)(C)CN)cc1Cl.Cl. The molecule has 0 aliphatic carbocycles. The van der Waals surface area contributed by atoms with Crippen molar-refractivity contribution in [1.29, 1.82) is 0 Å². The summed E-state index contributed by atoms with van der Waals surface area (Å²) in [5, 5.41) is 5.69. The zero-order chi connectivity index (χ0) is 14.6. The third kappa shape index (κ3) is 5.00. The molecular formula is C13H19Cl2N3O2. The van der Waals surface area contributed by atoms with Crippen LogP contribution in [0, 0.1) is 5.41 Å². The molecule has 20 heavy (non-hydrogen) atoms. The third-order valence-electron chi connectivity index (χ3n) is 2.66. The molecule has 0 saturated heterocycles. The quantitative estimate of drug-likeness (QED) is 0.797. The van der Waals surface area contributed by atoms with E-state index in [1.165, 1.54) is 6.92 Å². The Morgan fingerprint density at radius 2 is 1.90 bits per heavy atom. The van der Waals surface area contributed by atoms with E-state index in [0.717, 1.165) is 0 Å². The van der Waals surface area contributed by atoms with E-state index in [9.17, 15) is 9.59 Å². The number of hydrogen-bond acceptors (Lipinski definition) is 3. The van der Waals surface area contributed by atoms with Crippen molar-refractivity contribution >= 4 is 47.2 Å². The van der Waals surface area contributed by atoms with Gasteiger partial charge >= 0.3 is 0 Å². The number of benzene rings is 1. The number of nitrogens with one attached hydrogen (secondary N) is 2. The smallest absolute Gasteiger partial charge is 0.231 e. The first-order valence-corrected chi connectivity index (χ1v) is 6.23. The van der Waals surface area contributed by atoms with Gasteiger partial charge in [-0.25, -0.2) is 0 Å². The van der Waals surface area contributed by atoms with E-state index in [-0.39, 0.29) is 30.8 Å². The molecule has 0 bridgehead atoms. The summed E-state index contributed by atoms with van der Waals surface area (Å²) in [6.07, 6.45) is 0. The molecule has 4 N–H and O–H groups in total. The minimum Gasteiger partial charge on any atom is -0.329 e. The summed E-state index contributed by atoms with van der Waals surface area (Å²) >= 11 is 6.01. The van der Waals surface area contributed by atoms with Crippen molar-refractivity contribution in [2.45, 2.75) is 20.8 Å². The van der Waals surface area contributed by atoms with Gasteiger partial charge < -0.3 is 16.4 Å². The maximum atomic E-state index is 11.9. The Morgan fingerprint density at radius 1 is 1.30 bits per heavy atom. The molecule has 2 amide bonds. The van der Waals surface area contributed by atoms with Crippen LogP contribution in [0.1, 0.15) is 20.8 Å². The van der Waals surface area contributed by atoms with Crippen molar-refractivity contribution in [3.8, 4) is 0 Å². The standard InChI is InChI=1S/C13H18ClN3O2.ClH/c1-8(18)16-11-5-4-9(6-10(11)14)17-12(19)13(2,3)7-15;/h4-6H,7,15H2,1-3H3,(H,16,18)(H,17,19);1H. The van der Waals surface area contributed by atoms with Gasteiger partial charge in [-0.1, -0.05) is 11.6 Å². The summed E-state index contributed by atoms with van der Waals surface area (Å²) in [6.45, 7) is 5.16. The summed E-state index contributed by atoms with van der Waals surface area (Å²) in [5.74, 6) is -0.388. The normalized spacial score (nSPS) is 10.4. The van der Waals surface area contributed by atoms with Gasteiger partial charge in [-0.3, -0.25) is 9.59 Å². The Balaban J connectivity index is 0.00000361. The van der Waals surface area contributed by atoms with Crippen molar-refractivity contribution in [2.75, 3.05) is 17.2 Å². The highest BCUT2D eigenvalue weighted by atomic mass is 35.5. The maximum Gasteiger partial charge on any atom is 0.231 e. The van der Waals surface area contributed by atoms with Crippen LogP contribution in [-0.2, 0) is 9.59 Å². The van der Waals surface area contributed by atoms with E-state index in [1.807, 2.05) is 0 Å². The van der Waals surface area contributed by atoms with Crippen LogP contribution >= 0.6 is 24.0 Å². The Bertz CT molecular complexity index is 504. The number of anilines is 2. The van der Waals surface area contributed by atoms with Crippen molar-refractivity contribution in [3.63, 3.8) is 0 Å². The van der Waals surface area contributed by atoms with Crippen LogP contribution in [0.4, 0.5) is 11.4 Å². The Kier molecular flexibility index (Phi) is 6.99. The number of halogens is 2. The molecule has 0 aromatic heterocycles. The summed E-state index contributed by atoms with van der Waals surface area (Å²) in [6, 6.07) is 4.88. The lowest BCUT2D eigenvalue weighted by molar-refractivity contribution is -0.123. The van der Waals surface area contributed by atoms with Crippen LogP contribution in [0.25, 0.3) is 0 Å². The second-order valence-electron chi connectivity index (χ2n) is 4.92. The fourth-order valence-corrected chi connectivity index (χ4v) is 1.50. The number of nitrogens with two attached hydrogens (primary N) is 1. The molecule has 0 heterocycles. The second kappa shape index (κ2) is 7.47. The minimum absolute atomic E-state index is 0. The molecule has 112 valence electrons. The van der Waals surface area contributed by atoms with Gasteiger partial charge in [-0.2, -0.15) is 0 Å². The highest BCUT2D eigenvalue weighted by Gasteiger charge is 2.25. The fourth-order valence-electron chi connectivity index (χ4n) is 1.28. The van der Waals surface area contributed by atoms with Gasteiger partial charge in [0, 0.05) is 19.2 Å². The average molecular weight is 320 g/mol. The highest BCUT2D eigenvalue weighted by Crippen LogP contribution is 2.26. The van der Waals surface area contributed by atoms with Gasteiger partial charge in [0.05, 0.1) is 16.1 Å². The molecular weight excluding hydrogens is 301 g/mol. The van der Waals surface area contributed by atoms with Crippen molar-refractivity contribution < 1.29 is 9.59 Å². The maximum absolute atomic E-state index is 11.9. The van der Waals surface area contributed by atoms with E-state index >= 15 is 0 Å². The molecule has 5 nitrogen and oxygen atoms in total. The number of rotatable bonds is 4.